The van der Waals surface area contributed by atoms with Crippen LogP contribution in [0.2, 0.25) is 0 Å². The third kappa shape index (κ3) is 1.46. The molecule has 0 saturated heterocycles. The van der Waals surface area contributed by atoms with E-state index >= 15 is 0 Å². The fourth-order valence-corrected chi connectivity index (χ4v) is 0.840. The molecule has 0 bridgehead atoms. The first-order valence-electron chi connectivity index (χ1n) is 3.46. The Morgan fingerprint density at radius 2 is 2.15 bits per heavy atom. The molecule has 2 heterocycles. The Balaban J connectivity index is 2.41. The maximum absolute atomic E-state index is 12.5. The van der Waals surface area contributed by atoms with Gasteiger partial charge in [-0.3, -0.25) is 0 Å². The molecule has 0 radical (unpaired) electrons. The number of nitrogen functional groups attached to an aromatic ring is 1. The van der Waals surface area contributed by atoms with Gasteiger partial charge in [-0.05, 0) is 12.1 Å². The van der Waals surface area contributed by atoms with Crippen molar-refractivity contribution in [2.75, 3.05) is 5.73 Å². The highest BCUT2D eigenvalue weighted by molar-refractivity contribution is 5.46. The van der Waals surface area contributed by atoms with Crippen molar-refractivity contribution >= 4 is 6.01 Å². The second-order valence-corrected chi connectivity index (χ2v) is 2.31. The average Bonchev–Trinajstić information content (AvgIpc) is 2.53. The molecule has 13 heavy (non-hydrogen) atoms. The van der Waals surface area contributed by atoms with Crippen molar-refractivity contribution in [3.63, 3.8) is 0 Å². The molecular formula is C7H5FN4O. The minimum Gasteiger partial charge on any atom is -0.402 e. The van der Waals surface area contributed by atoms with Crippen LogP contribution in [0.4, 0.5) is 10.4 Å². The molecule has 2 aromatic rings. The Hall–Kier alpha value is -1.98. The van der Waals surface area contributed by atoms with Crippen LogP contribution in [0.5, 0.6) is 0 Å². The number of hydrogen-bond acceptors (Lipinski definition) is 5. The topological polar surface area (TPSA) is 77.8 Å². The quantitative estimate of drug-likeness (QED) is 0.703. The minimum atomic E-state index is -0.420. The van der Waals surface area contributed by atoms with Crippen LogP contribution in [0.1, 0.15) is 0 Å². The number of anilines is 1. The first-order chi connectivity index (χ1) is 6.25. The van der Waals surface area contributed by atoms with E-state index in [4.69, 9.17) is 10.2 Å². The molecule has 0 fully saturated rings. The summed E-state index contributed by atoms with van der Waals surface area (Å²) < 4.78 is 17.3. The van der Waals surface area contributed by atoms with Crippen LogP contribution < -0.4 is 5.73 Å². The van der Waals surface area contributed by atoms with Gasteiger partial charge in [-0.15, -0.1) is 5.10 Å². The molecular weight excluding hydrogens is 175 g/mol. The molecule has 5 nitrogen and oxygen atoms in total. The zero-order valence-corrected chi connectivity index (χ0v) is 6.44. The molecule has 2 rings (SSSR count). The van der Waals surface area contributed by atoms with E-state index in [9.17, 15) is 4.39 Å². The second kappa shape index (κ2) is 2.81. The number of nitrogens with zero attached hydrogens (tertiary/aromatic N) is 3. The van der Waals surface area contributed by atoms with E-state index in [1.165, 1.54) is 12.1 Å². The molecule has 0 aliphatic heterocycles. The van der Waals surface area contributed by atoms with Gasteiger partial charge in [-0.25, -0.2) is 9.37 Å². The molecule has 0 unspecified atom stereocenters. The first kappa shape index (κ1) is 7.66. The monoisotopic (exact) mass is 180 g/mol. The summed E-state index contributed by atoms with van der Waals surface area (Å²) in [5.41, 5.74) is 5.60. The van der Waals surface area contributed by atoms with Gasteiger partial charge in [0, 0.05) is 0 Å². The Bertz CT molecular complexity index is 411. The normalized spacial score (nSPS) is 10.2. The molecule has 0 aliphatic carbocycles. The SMILES string of the molecule is Nc1nnc(-c2ccc(F)cn2)o1. The van der Waals surface area contributed by atoms with Crippen molar-refractivity contribution in [1.29, 1.82) is 0 Å². The summed E-state index contributed by atoms with van der Waals surface area (Å²) in [6.45, 7) is 0. The van der Waals surface area contributed by atoms with Gasteiger partial charge in [0.25, 0.3) is 5.89 Å². The van der Waals surface area contributed by atoms with Crippen molar-refractivity contribution in [2.45, 2.75) is 0 Å². The molecule has 2 N–H and O–H groups in total. The minimum absolute atomic E-state index is 0.0406. The van der Waals surface area contributed by atoms with Gasteiger partial charge in [0.2, 0.25) is 0 Å². The smallest absolute Gasteiger partial charge is 0.313 e. The van der Waals surface area contributed by atoms with Crippen LogP contribution in [-0.4, -0.2) is 15.2 Å². The van der Waals surface area contributed by atoms with Crippen molar-refractivity contribution in [3.8, 4) is 11.6 Å². The number of aromatic nitrogens is 3. The van der Waals surface area contributed by atoms with Gasteiger partial charge >= 0.3 is 6.01 Å². The number of hydrogen-bond donors (Lipinski definition) is 1. The summed E-state index contributed by atoms with van der Waals surface area (Å²) in [5.74, 6) is -0.242. The molecule has 6 heteroatoms. The summed E-state index contributed by atoms with van der Waals surface area (Å²) in [6.07, 6.45) is 1.07. The van der Waals surface area contributed by atoms with Crippen LogP contribution >= 0.6 is 0 Å². The van der Waals surface area contributed by atoms with Gasteiger partial charge in [-0.2, -0.15) is 0 Å². The van der Waals surface area contributed by atoms with E-state index in [0.29, 0.717) is 5.69 Å². The maximum Gasteiger partial charge on any atom is 0.313 e. The summed E-state index contributed by atoms with van der Waals surface area (Å²) in [7, 11) is 0. The molecule has 2 aromatic heterocycles. The van der Waals surface area contributed by atoms with E-state index < -0.39 is 5.82 Å². The second-order valence-electron chi connectivity index (χ2n) is 2.31. The Morgan fingerprint density at radius 1 is 1.31 bits per heavy atom. The Labute approximate surface area is 72.4 Å². The van der Waals surface area contributed by atoms with Gasteiger partial charge < -0.3 is 10.2 Å². The van der Waals surface area contributed by atoms with Gasteiger partial charge in [0.05, 0.1) is 6.20 Å². The largest absolute Gasteiger partial charge is 0.402 e. The molecule has 66 valence electrons. The summed E-state index contributed by atoms with van der Waals surface area (Å²) in [4.78, 5) is 3.74. The summed E-state index contributed by atoms with van der Waals surface area (Å²) in [6, 6.07) is 2.64. The lowest BCUT2D eigenvalue weighted by Gasteiger charge is -1.91. The molecule has 0 saturated carbocycles. The fourth-order valence-electron chi connectivity index (χ4n) is 0.840. The van der Waals surface area contributed by atoms with Crippen molar-refractivity contribution in [2.24, 2.45) is 0 Å². The van der Waals surface area contributed by atoms with Gasteiger partial charge in [0.15, 0.2) is 0 Å². The number of nitrogens with two attached hydrogens (primary N) is 1. The lowest BCUT2D eigenvalue weighted by Crippen LogP contribution is -1.84. The van der Waals surface area contributed by atoms with Crippen LogP contribution in [0.25, 0.3) is 11.6 Å². The highest BCUT2D eigenvalue weighted by Crippen LogP contribution is 2.15. The zero-order chi connectivity index (χ0) is 9.26. The number of halogens is 1. The van der Waals surface area contributed by atoms with Gasteiger partial charge in [0.1, 0.15) is 11.5 Å². The average molecular weight is 180 g/mol. The number of pyridine rings is 1. The molecule has 0 aliphatic rings. The molecule has 0 atom stereocenters. The van der Waals surface area contributed by atoms with Crippen LogP contribution in [-0.2, 0) is 0 Å². The lowest BCUT2D eigenvalue weighted by atomic mass is 10.3. The first-order valence-corrected chi connectivity index (χ1v) is 3.46. The fraction of sp³-hybridized carbons (Fsp3) is 0. The predicted molar refractivity (Wildman–Crippen MR) is 41.9 cm³/mol. The van der Waals surface area contributed by atoms with E-state index in [-0.39, 0.29) is 11.9 Å². The molecule has 0 spiro atoms. The van der Waals surface area contributed by atoms with Crippen molar-refractivity contribution in [1.82, 2.24) is 15.2 Å². The summed E-state index contributed by atoms with van der Waals surface area (Å²) >= 11 is 0. The Morgan fingerprint density at radius 3 is 2.69 bits per heavy atom. The highest BCUT2D eigenvalue weighted by atomic mass is 19.1. The van der Waals surface area contributed by atoms with Crippen molar-refractivity contribution in [3.05, 3.63) is 24.1 Å². The third-order valence-electron chi connectivity index (χ3n) is 1.39. The zero-order valence-electron chi connectivity index (χ0n) is 6.44. The highest BCUT2D eigenvalue weighted by Gasteiger charge is 2.06. The van der Waals surface area contributed by atoms with E-state index in [1.807, 2.05) is 0 Å². The van der Waals surface area contributed by atoms with E-state index in [0.717, 1.165) is 6.20 Å². The lowest BCUT2D eigenvalue weighted by molar-refractivity contribution is 0.585. The standard InChI is InChI=1S/C7H5FN4O/c8-4-1-2-5(10-3-4)6-11-12-7(9)13-6/h1-3H,(H2,9,12). The van der Waals surface area contributed by atoms with E-state index in [2.05, 4.69) is 15.2 Å². The van der Waals surface area contributed by atoms with Crippen molar-refractivity contribution < 1.29 is 8.81 Å². The van der Waals surface area contributed by atoms with Crippen LogP contribution in [0, 0.1) is 5.82 Å². The maximum atomic E-state index is 12.5. The van der Waals surface area contributed by atoms with Crippen LogP contribution in [0.3, 0.4) is 0 Å². The number of rotatable bonds is 1. The Kier molecular flexibility index (Phi) is 1.66. The molecule has 0 aromatic carbocycles. The molecule has 0 amide bonds. The van der Waals surface area contributed by atoms with Crippen LogP contribution in [0.15, 0.2) is 22.7 Å². The third-order valence-corrected chi connectivity index (χ3v) is 1.39. The van der Waals surface area contributed by atoms with E-state index in [1.54, 1.807) is 0 Å². The van der Waals surface area contributed by atoms with Gasteiger partial charge in [-0.1, -0.05) is 5.10 Å². The predicted octanol–water partition coefficient (Wildman–Crippen LogP) is 0.853. The summed E-state index contributed by atoms with van der Waals surface area (Å²) in [5, 5.41) is 7.03.